The topological polar surface area (TPSA) is 106 Å². The lowest BCUT2D eigenvalue weighted by atomic mass is 10.1. The zero-order valence-corrected chi connectivity index (χ0v) is 14.8. The summed E-state index contributed by atoms with van der Waals surface area (Å²) in [5.41, 5.74) is -0.0303. The van der Waals surface area contributed by atoms with Crippen LogP contribution in [0.25, 0.3) is 0 Å². The number of carbonyl (C=O) groups excluding carboxylic acids is 2. The minimum Gasteiger partial charge on any atom is -0.485 e. The summed E-state index contributed by atoms with van der Waals surface area (Å²) in [4.78, 5) is 28.2. The monoisotopic (exact) mass is 346 g/mol. The molecule has 0 spiro atoms. The van der Waals surface area contributed by atoms with Crippen molar-refractivity contribution in [1.29, 1.82) is 0 Å². The molecule has 0 aliphatic carbocycles. The molecule has 2 aromatic rings. The van der Waals surface area contributed by atoms with Crippen molar-refractivity contribution in [1.82, 2.24) is 20.8 Å². The number of nitrogens with zero attached hydrogens (tertiary/aromatic N) is 2. The quantitative estimate of drug-likeness (QED) is 0.823. The minimum atomic E-state index is -0.399. The van der Waals surface area contributed by atoms with Gasteiger partial charge < -0.3 is 19.9 Å². The number of amides is 2. The summed E-state index contributed by atoms with van der Waals surface area (Å²) in [5.74, 6) is 0.538. The lowest BCUT2D eigenvalue weighted by molar-refractivity contribution is -0.121. The number of hydrogen-bond acceptors (Lipinski definition) is 6. The maximum Gasteiger partial charge on any atom is 0.255 e. The van der Waals surface area contributed by atoms with E-state index in [-0.39, 0.29) is 24.6 Å². The Morgan fingerprint density at radius 2 is 1.96 bits per heavy atom. The van der Waals surface area contributed by atoms with Gasteiger partial charge in [-0.3, -0.25) is 9.59 Å². The van der Waals surface area contributed by atoms with Crippen LogP contribution in [0.1, 0.15) is 42.8 Å². The minimum absolute atomic E-state index is 0.0755. The summed E-state index contributed by atoms with van der Waals surface area (Å²) in [6.07, 6.45) is 0. The Labute approximate surface area is 145 Å². The Balaban J connectivity index is 1.96. The smallest absolute Gasteiger partial charge is 0.255 e. The number of benzene rings is 1. The van der Waals surface area contributed by atoms with Gasteiger partial charge >= 0.3 is 0 Å². The Bertz CT molecular complexity index is 749. The lowest BCUT2D eigenvalue weighted by Crippen LogP contribution is -2.45. The van der Waals surface area contributed by atoms with Crippen molar-refractivity contribution in [3.8, 4) is 5.75 Å². The number of nitrogens with one attached hydrogen (secondary N) is 2. The van der Waals surface area contributed by atoms with Crippen LogP contribution in [0, 0.1) is 6.92 Å². The van der Waals surface area contributed by atoms with Gasteiger partial charge in [0.15, 0.2) is 6.61 Å². The van der Waals surface area contributed by atoms with Crippen LogP contribution in [-0.2, 0) is 11.4 Å². The molecule has 0 saturated heterocycles. The van der Waals surface area contributed by atoms with Crippen molar-refractivity contribution < 1.29 is 18.8 Å². The SMILES string of the molecule is Cc1nc(COc2ccccc2C(=O)NCC(=O)NC(C)(C)C)no1. The first-order chi connectivity index (χ1) is 11.7. The van der Waals surface area contributed by atoms with Gasteiger partial charge in [0.1, 0.15) is 5.75 Å². The lowest BCUT2D eigenvalue weighted by Gasteiger charge is -2.20. The number of para-hydroxylation sites is 1. The molecule has 2 N–H and O–H groups in total. The maximum absolute atomic E-state index is 12.3. The van der Waals surface area contributed by atoms with Crippen LogP contribution in [0.3, 0.4) is 0 Å². The first kappa shape index (κ1) is 18.4. The molecule has 2 rings (SSSR count). The molecule has 1 heterocycles. The molecule has 0 unspecified atom stereocenters. The van der Waals surface area contributed by atoms with E-state index in [2.05, 4.69) is 20.8 Å². The van der Waals surface area contributed by atoms with Gasteiger partial charge in [-0.05, 0) is 32.9 Å². The van der Waals surface area contributed by atoms with E-state index in [1.165, 1.54) is 0 Å². The molecule has 0 aliphatic rings. The van der Waals surface area contributed by atoms with Gasteiger partial charge in [-0.15, -0.1) is 0 Å². The molecular formula is C17H22N4O4. The van der Waals surface area contributed by atoms with Gasteiger partial charge in [-0.2, -0.15) is 4.98 Å². The van der Waals surface area contributed by atoms with E-state index in [4.69, 9.17) is 9.26 Å². The fourth-order valence-corrected chi connectivity index (χ4v) is 2.04. The Kier molecular flexibility index (Phi) is 5.74. The van der Waals surface area contributed by atoms with Gasteiger partial charge in [-0.25, -0.2) is 0 Å². The van der Waals surface area contributed by atoms with Crippen LogP contribution >= 0.6 is 0 Å². The molecule has 8 nitrogen and oxygen atoms in total. The molecule has 25 heavy (non-hydrogen) atoms. The van der Waals surface area contributed by atoms with Crippen LogP contribution in [0.5, 0.6) is 5.75 Å². The van der Waals surface area contributed by atoms with E-state index in [0.717, 1.165) is 0 Å². The predicted octanol–water partition coefficient (Wildman–Crippen LogP) is 1.60. The second-order valence-electron chi connectivity index (χ2n) is 6.50. The molecule has 0 radical (unpaired) electrons. The molecule has 0 saturated carbocycles. The predicted molar refractivity (Wildman–Crippen MR) is 90.0 cm³/mol. The Morgan fingerprint density at radius 3 is 2.60 bits per heavy atom. The van der Waals surface area contributed by atoms with Crippen LogP contribution in [0.15, 0.2) is 28.8 Å². The Hall–Kier alpha value is -2.90. The number of aromatic nitrogens is 2. The molecule has 0 atom stereocenters. The second kappa shape index (κ2) is 7.78. The standard InChI is InChI=1S/C17H22N4O4/c1-11-19-14(21-25-11)10-24-13-8-6-5-7-12(13)16(23)18-9-15(22)20-17(2,3)4/h5-8H,9-10H2,1-4H3,(H,18,23)(H,20,22). The van der Waals surface area contributed by atoms with Crippen LogP contribution in [0.4, 0.5) is 0 Å². The largest absolute Gasteiger partial charge is 0.485 e. The zero-order valence-electron chi connectivity index (χ0n) is 14.8. The summed E-state index contributed by atoms with van der Waals surface area (Å²) >= 11 is 0. The van der Waals surface area contributed by atoms with Crippen LogP contribution in [0.2, 0.25) is 0 Å². The molecular weight excluding hydrogens is 324 g/mol. The molecule has 2 amide bonds. The molecule has 8 heteroatoms. The fourth-order valence-electron chi connectivity index (χ4n) is 2.04. The van der Waals surface area contributed by atoms with Gasteiger partial charge in [0.2, 0.25) is 17.6 Å². The van der Waals surface area contributed by atoms with Crippen molar-refractivity contribution in [2.75, 3.05) is 6.54 Å². The van der Waals surface area contributed by atoms with E-state index < -0.39 is 5.91 Å². The van der Waals surface area contributed by atoms with Crippen molar-refractivity contribution in [2.45, 2.75) is 39.8 Å². The molecule has 134 valence electrons. The highest BCUT2D eigenvalue weighted by atomic mass is 16.5. The van der Waals surface area contributed by atoms with Crippen molar-refractivity contribution in [3.05, 3.63) is 41.5 Å². The van der Waals surface area contributed by atoms with E-state index >= 15 is 0 Å². The summed E-state index contributed by atoms with van der Waals surface area (Å²) < 4.78 is 10.5. The second-order valence-corrected chi connectivity index (χ2v) is 6.50. The normalized spacial score (nSPS) is 11.0. The first-order valence-corrected chi connectivity index (χ1v) is 7.85. The van der Waals surface area contributed by atoms with Gasteiger partial charge in [0, 0.05) is 12.5 Å². The van der Waals surface area contributed by atoms with Gasteiger partial charge in [0.05, 0.1) is 12.1 Å². The first-order valence-electron chi connectivity index (χ1n) is 7.85. The molecule has 0 aliphatic heterocycles. The third-order valence-electron chi connectivity index (χ3n) is 2.98. The number of aryl methyl sites for hydroxylation is 1. The van der Waals surface area contributed by atoms with Gasteiger partial charge in [0.25, 0.3) is 5.91 Å². The number of hydrogen-bond donors (Lipinski definition) is 2. The number of rotatable bonds is 6. The summed E-state index contributed by atoms with van der Waals surface area (Å²) in [7, 11) is 0. The summed E-state index contributed by atoms with van der Waals surface area (Å²) in [6.45, 7) is 7.25. The Morgan fingerprint density at radius 1 is 1.24 bits per heavy atom. The van der Waals surface area contributed by atoms with E-state index in [9.17, 15) is 9.59 Å². The van der Waals surface area contributed by atoms with E-state index in [1.807, 2.05) is 20.8 Å². The van der Waals surface area contributed by atoms with Crippen molar-refractivity contribution in [2.24, 2.45) is 0 Å². The molecule has 1 aromatic heterocycles. The highest BCUT2D eigenvalue weighted by Crippen LogP contribution is 2.18. The summed E-state index contributed by atoms with van der Waals surface area (Å²) in [5, 5.41) is 9.10. The average Bonchev–Trinajstić information content (AvgIpc) is 2.95. The summed E-state index contributed by atoms with van der Waals surface area (Å²) in [6, 6.07) is 6.75. The number of carbonyl (C=O) groups is 2. The number of ether oxygens (including phenoxy) is 1. The third kappa shape index (κ3) is 5.91. The highest BCUT2D eigenvalue weighted by Gasteiger charge is 2.17. The van der Waals surface area contributed by atoms with Crippen molar-refractivity contribution in [3.63, 3.8) is 0 Å². The third-order valence-corrected chi connectivity index (χ3v) is 2.98. The van der Waals surface area contributed by atoms with E-state index in [1.54, 1.807) is 31.2 Å². The zero-order chi connectivity index (χ0) is 18.4. The molecule has 0 bridgehead atoms. The van der Waals surface area contributed by atoms with Gasteiger partial charge in [-0.1, -0.05) is 17.3 Å². The molecule has 1 aromatic carbocycles. The van der Waals surface area contributed by atoms with Crippen LogP contribution < -0.4 is 15.4 Å². The van der Waals surface area contributed by atoms with Crippen molar-refractivity contribution >= 4 is 11.8 Å². The fraction of sp³-hybridized carbons (Fsp3) is 0.412. The average molecular weight is 346 g/mol. The maximum atomic E-state index is 12.3. The molecule has 0 fully saturated rings. The highest BCUT2D eigenvalue weighted by molar-refractivity contribution is 5.98. The van der Waals surface area contributed by atoms with E-state index in [0.29, 0.717) is 23.0 Å². The van der Waals surface area contributed by atoms with Crippen LogP contribution in [-0.4, -0.2) is 34.0 Å².